The molecule has 0 aliphatic heterocycles. The van der Waals surface area contributed by atoms with E-state index in [1.807, 2.05) is 18.2 Å². The summed E-state index contributed by atoms with van der Waals surface area (Å²) >= 11 is 3.31. The van der Waals surface area contributed by atoms with Crippen molar-refractivity contribution in [1.29, 1.82) is 0 Å². The van der Waals surface area contributed by atoms with Crippen LogP contribution in [0.5, 0.6) is 0 Å². The van der Waals surface area contributed by atoms with Crippen molar-refractivity contribution in [1.82, 2.24) is 4.98 Å². The van der Waals surface area contributed by atoms with Crippen molar-refractivity contribution in [3.63, 3.8) is 0 Å². The van der Waals surface area contributed by atoms with Gasteiger partial charge in [-0.05, 0) is 47.4 Å². The molecule has 0 radical (unpaired) electrons. The fourth-order valence-electron chi connectivity index (χ4n) is 0.993. The standard InChI is InChI=1S/C9H14BrN3.2ClH/c10-8-4-3-5-9(13-8)12-7-2-1-6-11;;/h3-5H,1-2,6-7,11H2,(H,12,13);2*1H. The Morgan fingerprint density at radius 1 is 1.27 bits per heavy atom. The lowest BCUT2D eigenvalue weighted by Crippen LogP contribution is -2.06. The molecular weight excluding hydrogens is 301 g/mol. The van der Waals surface area contributed by atoms with E-state index >= 15 is 0 Å². The van der Waals surface area contributed by atoms with Crippen LogP contribution in [0.25, 0.3) is 0 Å². The third kappa shape index (κ3) is 7.85. The molecule has 0 bridgehead atoms. The molecule has 1 aromatic heterocycles. The van der Waals surface area contributed by atoms with Crippen LogP contribution in [-0.4, -0.2) is 18.1 Å². The number of aromatic nitrogens is 1. The summed E-state index contributed by atoms with van der Waals surface area (Å²) in [5, 5.41) is 3.22. The normalized spacial score (nSPS) is 8.67. The molecule has 1 aromatic rings. The highest BCUT2D eigenvalue weighted by molar-refractivity contribution is 9.10. The van der Waals surface area contributed by atoms with Crippen LogP contribution in [-0.2, 0) is 0 Å². The second kappa shape index (κ2) is 10.5. The van der Waals surface area contributed by atoms with Gasteiger partial charge in [0.25, 0.3) is 0 Å². The number of nitrogens with two attached hydrogens (primary N) is 1. The van der Waals surface area contributed by atoms with Gasteiger partial charge in [0.2, 0.25) is 0 Å². The lowest BCUT2D eigenvalue weighted by Gasteiger charge is -2.04. The molecule has 0 saturated heterocycles. The van der Waals surface area contributed by atoms with Gasteiger partial charge in [-0.25, -0.2) is 4.98 Å². The molecule has 0 saturated carbocycles. The van der Waals surface area contributed by atoms with E-state index in [2.05, 4.69) is 26.2 Å². The molecule has 0 aromatic carbocycles. The Kier molecular flexibility index (Phi) is 12.1. The molecule has 0 fully saturated rings. The van der Waals surface area contributed by atoms with Crippen LogP contribution in [0.4, 0.5) is 5.82 Å². The minimum absolute atomic E-state index is 0. The second-order valence-electron chi connectivity index (χ2n) is 2.77. The van der Waals surface area contributed by atoms with Crippen LogP contribution < -0.4 is 11.1 Å². The number of unbranched alkanes of at least 4 members (excludes halogenated alkanes) is 1. The molecule has 0 spiro atoms. The fourth-order valence-corrected chi connectivity index (χ4v) is 1.34. The minimum Gasteiger partial charge on any atom is -0.370 e. The zero-order valence-corrected chi connectivity index (χ0v) is 11.5. The molecule has 3 N–H and O–H groups in total. The largest absolute Gasteiger partial charge is 0.370 e. The SMILES string of the molecule is Cl.Cl.NCCCCNc1cccc(Br)n1. The molecule has 1 rings (SSSR count). The van der Waals surface area contributed by atoms with Crippen LogP contribution in [0.15, 0.2) is 22.8 Å². The van der Waals surface area contributed by atoms with Crippen molar-refractivity contribution in [2.75, 3.05) is 18.4 Å². The second-order valence-corrected chi connectivity index (χ2v) is 3.58. The van der Waals surface area contributed by atoms with Gasteiger partial charge >= 0.3 is 0 Å². The summed E-state index contributed by atoms with van der Waals surface area (Å²) in [6.07, 6.45) is 2.14. The highest BCUT2D eigenvalue weighted by Gasteiger charge is 1.93. The number of anilines is 1. The maximum atomic E-state index is 5.38. The smallest absolute Gasteiger partial charge is 0.127 e. The predicted octanol–water partition coefficient (Wildman–Crippen LogP) is 2.84. The summed E-state index contributed by atoms with van der Waals surface area (Å²) in [6.45, 7) is 1.69. The molecule has 88 valence electrons. The number of halogens is 3. The summed E-state index contributed by atoms with van der Waals surface area (Å²) in [6, 6.07) is 5.82. The van der Waals surface area contributed by atoms with Gasteiger partial charge in [0, 0.05) is 6.54 Å². The zero-order chi connectivity index (χ0) is 9.52. The van der Waals surface area contributed by atoms with Gasteiger partial charge in [0.1, 0.15) is 10.4 Å². The number of hydrogen-bond acceptors (Lipinski definition) is 3. The Bertz CT molecular complexity index is 261. The summed E-state index contributed by atoms with van der Waals surface area (Å²) < 4.78 is 0.858. The fraction of sp³-hybridized carbons (Fsp3) is 0.444. The quantitative estimate of drug-likeness (QED) is 0.648. The van der Waals surface area contributed by atoms with E-state index in [0.29, 0.717) is 0 Å². The first-order chi connectivity index (χ1) is 6.33. The van der Waals surface area contributed by atoms with Gasteiger partial charge < -0.3 is 11.1 Å². The first-order valence-corrected chi connectivity index (χ1v) is 5.19. The van der Waals surface area contributed by atoms with Gasteiger partial charge in [-0.3, -0.25) is 0 Å². The maximum Gasteiger partial charge on any atom is 0.127 e. The lowest BCUT2D eigenvalue weighted by molar-refractivity contribution is 0.772. The van der Waals surface area contributed by atoms with Crippen molar-refractivity contribution >= 4 is 46.6 Å². The van der Waals surface area contributed by atoms with Crippen LogP contribution in [0.1, 0.15) is 12.8 Å². The van der Waals surface area contributed by atoms with Crippen molar-refractivity contribution in [2.45, 2.75) is 12.8 Å². The van der Waals surface area contributed by atoms with Gasteiger partial charge in [-0.2, -0.15) is 0 Å². The number of nitrogens with zero attached hydrogens (tertiary/aromatic N) is 1. The first-order valence-electron chi connectivity index (χ1n) is 4.39. The van der Waals surface area contributed by atoms with Crippen molar-refractivity contribution in [3.8, 4) is 0 Å². The Balaban J connectivity index is 0. The van der Waals surface area contributed by atoms with Gasteiger partial charge in [0.05, 0.1) is 0 Å². The maximum absolute atomic E-state index is 5.38. The van der Waals surface area contributed by atoms with E-state index in [0.717, 1.165) is 36.4 Å². The van der Waals surface area contributed by atoms with Crippen LogP contribution in [0.3, 0.4) is 0 Å². The Labute approximate surface area is 111 Å². The molecule has 0 aliphatic rings. The third-order valence-electron chi connectivity index (χ3n) is 1.65. The number of pyridine rings is 1. The summed E-state index contributed by atoms with van der Waals surface area (Å²) in [5.41, 5.74) is 5.38. The molecule has 0 aliphatic carbocycles. The molecule has 1 heterocycles. The van der Waals surface area contributed by atoms with Crippen LogP contribution >= 0.6 is 40.7 Å². The van der Waals surface area contributed by atoms with E-state index in [9.17, 15) is 0 Å². The molecular formula is C9H16BrCl2N3. The van der Waals surface area contributed by atoms with Gasteiger partial charge in [-0.15, -0.1) is 24.8 Å². The van der Waals surface area contributed by atoms with Crippen molar-refractivity contribution in [3.05, 3.63) is 22.8 Å². The predicted molar refractivity (Wildman–Crippen MR) is 73.2 cm³/mol. The number of rotatable bonds is 5. The molecule has 15 heavy (non-hydrogen) atoms. The Morgan fingerprint density at radius 3 is 2.60 bits per heavy atom. The summed E-state index contributed by atoms with van der Waals surface area (Å²) in [4.78, 5) is 4.25. The monoisotopic (exact) mass is 315 g/mol. The van der Waals surface area contributed by atoms with E-state index < -0.39 is 0 Å². The molecule has 0 amide bonds. The zero-order valence-electron chi connectivity index (χ0n) is 8.28. The average molecular weight is 317 g/mol. The highest BCUT2D eigenvalue weighted by Crippen LogP contribution is 2.09. The summed E-state index contributed by atoms with van der Waals surface area (Å²) in [5.74, 6) is 0.909. The average Bonchev–Trinajstić information content (AvgIpc) is 2.13. The Hall–Kier alpha value is -0.0300. The van der Waals surface area contributed by atoms with Crippen LogP contribution in [0.2, 0.25) is 0 Å². The van der Waals surface area contributed by atoms with Crippen molar-refractivity contribution < 1.29 is 0 Å². The van der Waals surface area contributed by atoms with Crippen molar-refractivity contribution in [2.24, 2.45) is 5.73 Å². The molecule has 0 unspecified atom stereocenters. The van der Waals surface area contributed by atoms with Gasteiger partial charge in [0.15, 0.2) is 0 Å². The van der Waals surface area contributed by atoms with Gasteiger partial charge in [-0.1, -0.05) is 6.07 Å². The van der Waals surface area contributed by atoms with Crippen LogP contribution in [0, 0.1) is 0 Å². The molecule has 3 nitrogen and oxygen atoms in total. The Morgan fingerprint density at radius 2 is 2.00 bits per heavy atom. The molecule has 0 atom stereocenters. The topological polar surface area (TPSA) is 50.9 Å². The minimum atomic E-state index is 0. The molecule has 6 heteroatoms. The van der Waals surface area contributed by atoms with E-state index in [4.69, 9.17) is 5.73 Å². The highest BCUT2D eigenvalue weighted by atomic mass is 79.9. The summed E-state index contributed by atoms with van der Waals surface area (Å²) in [7, 11) is 0. The van der Waals surface area contributed by atoms with E-state index in [-0.39, 0.29) is 24.8 Å². The number of hydrogen-bond donors (Lipinski definition) is 2. The third-order valence-corrected chi connectivity index (χ3v) is 2.09. The van der Waals surface area contributed by atoms with E-state index in [1.165, 1.54) is 0 Å². The lowest BCUT2D eigenvalue weighted by atomic mass is 10.3. The first kappa shape index (κ1) is 17.4. The van der Waals surface area contributed by atoms with E-state index in [1.54, 1.807) is 0 Å². The number of nitrogens with one attached hydrogen (secondary N) is 1.